The fraction of sp³-hybridized carbons (Fsp3) is 0.889. The Labute approximate surface area is 79.0 Å². The van der Waals surface area contributed by atoms with Crippen LogP contribution in [0.5, 0.6) is 0 Å². The van der Waals surface area contributed by atoms with Crippen molar-refractivity contribution in [2.45, 2.75) is 32.2 Å². The summed E-state index contributed by atoms with van der Waals surface area (Å²) in [5.74, 6) is 0. The number of carbonyl (C=O) groups is 1. The first-order chi connectivity index (χ1) is 6.29. The normalized spacial score (nSPS) is 19.8. The molecule has 76 valence electrons. The molecule has 1 heterocycles. The number of ether oxygens (including phenoxy) is 1. The molecular weight excluding hydrogens is 168 g/mol. The maximum atomic E-state index is 11.3. The van der Waals surface area contributed by atoms with Gasteiger partial charge in [-0.1, -0.05) is 6.92 Å². The molecule has 1 unspecified atom stereocenters. The SMILES string of the molecule is CCC(CCN)N1CCCOC1=O. The molecule has 1 aliphatic heterocycles. The maximum absolute atomic E-state index is 11.3. The average molecular weight is 186 g/mol. The molecule has 13 heavy (non-hydrogen) atoms. The number of nitrogens with two attached hydrogens (primary N) is 1. The van der Waals surface area contributed by atoms with Crippen molar-refractivity contribution in [3.63, 3.8) is 0 Å². The van der Waals surface area contributed by atoms with E-state index in [0.717, 1.165) is 25.8 Å². The van der Waals surface area contributed by atoms with E-state index in [4.69, 9.17) is 10.5 Å². The van der Waals surface area contributed by atoms with E-state index in [2.05, 4.69) is 6.92 Å². The van der Waals surface area contributed by atoms with Gasteiger partial charge < -0.3 is 15.4 Å². The first kappa shape index (κ1) is 10.3. The molecule has 2 N–H and O–H groups in total. The monoisotopic (exact) mass is 186 g/mol. The van der Waals surface area contributed by atoms with Gasteiger partial charge >= 0.3 is 6.09 Å². The lowest BCUT2D eigenvalue weighted by Crippen LogP contribution is -2.45. The van der Waals surface area contributed by atoms with Crippen LogP contribution >= 0.6 is 0 Å². The van der Waals surface area contributed by atoms with E-state index in [-0.39, 0.29) is 12.1 Å². The van der Waals surface area contributed by atoms with E-state index in [1.54, 1.807) is 4.90 Å². The summed E-state index contributed by atoms with van der Waals surface area (Å²) >= 11 is 0. The van der Waals surface area contributed by atoms with E-state index in [1.165, 1.54) is 0 Å². The van der Waals surface area contributed by atoms with E-state index >= 15 is 0 Å². The third-order valence-electron chi connectivity index (χ3n) is 2.42. The fourth-order valence-corrected chi connectivity index (χ4v) is 1.67. The van der Waals surface area contributed by atoms with Gasteiger partial charge in [0.15, 0.2) is 0 Å². The smallest absolute Gasteiger partial charge is 0.410 e. The molecule has 4 nitrogen and oxygen atoms in total. The zero-order valence-corrected chi connectivity index (χ0v) is 8.16. The van der Waals surface area contributed by atoms with Crippen LogP contribution in [0.3, 0.4) is 0 Å². The Morgan fingerprint density at radius 3 is 3.00 bits per heavy atom. The van der Waals surface area contributed by atoms with Gasteiger partial charge in [0, 0.05) is 12.6 Å². The van der Waals surface area contributed by atoms with Crippen molar-refractivity contribution in [1.82, 2.24) is 4.90 Å². The highest BCUT2D eigenvalue weighted by Gasteiger charge is 2.25. The topological polar surface area (TPSA) is 55.6 Å². The molecule has 0 aromatic rings. The standard InChI is InChI=1S/C9H18N2O2/c1-2-8(4-5-10)11-6-3-7-13-9(11)12/h8H,2-7,10H2,1H3. The van der Waals surface area contributed by atoms with Gasteiger partial charge in [0.1, 0.15) is 0 Å². The number of nitrogens with zero attached hydrogens (tertiary/aromatic N) is 1. The van der Waals surface area contributed by atoms with Crippen molar-refractivity contribution >= 4 is 6.09 Å². The van der Waals surface area contributed by atoms with Gasteiger partial charge in [-0.25, -0.2) is 4.79 Å². The van der Waals surface area contributed by atoms with Gasteiger partial charge in [-0.05, 0) is 25.8 Å². The third kappa shape index (κ3) is 2.59. The highest BCUT2D eigenvalue weighted by atomic mass is 16.6. The Morgan fingerprint density at radius 1 is 1.69 bits per heavy atom. The summed E-state index contributed by atoms with van der Waals surface area (Å²) in [5.41, 5.74) is 5.48. The molecular formula is C9H18N2O2. The van der Waals surface area contributed by atoms with E-state index in [0.29, 0.717) is 13.2 Å². The molecule has 1 amide bonds. The summed E-state index contributed by atoms with van der Waals surface area (Å²) in [7, 11) is 0. The molecule has 0 bridgehead atoms. The van der Waals surface area contributed by atoms with Gasteiger partial charge in [0.25, 0.3) is 0 Å². The van der Waals surface area contributed by atoms with Crippen LogP contribution in [0, 0.1) is 0 Å². The van der Waals surface area contributed by atoms with E-state index in [9.17, 15) is 4.79 Å². The van der Waals surface area contributed by atoms with Crippen LogP contribution in [0.4, 0.5) is 4.79 Å². The molecule has 0 aromatic heterocycles. The molecule has 0 aromatic carbocycles. The predicted molar refractivity (Wildman–Crippen MR) is 50.4 cm³/mol. The molecule has 1 aliphatic rings. The van der Waals surface area contributed by atoms with E-state index in [1.807, 2.05) is 0 Å². The molecule has 1 fully saturated rings. The summed E-state index contributed by atoms with van der Waals surface area (Å²) in [6.45, 7) is 4.08. The summed E-state index contributed by atoms with van der Waals surface area (Å²) < 4.78 is 4.97. The Bertz CT molecular complexity index is 173. The van der Waals surface area contributed by atoms with Crippen LogP contribution in [0.2, 0.25) is 0 Å². The Balaban J connectivity index is 2.49. The molecule has 1 rings (SSSR count). The number of cyclic esters (lactones) is 1. The lowest BCUT2D eigenvalue weighted by Gasteiger charge is -2.33. The molecule has 4 heteroatoms. The van der Waals surface area contributed by atoms with Crippen molar-refractivity contribution in [3.05, 3.63) is 0 Å². The van der Waals surface area contributed by atoms with E-state index < -0.39 is 0 Å². The summed E-state index contributed by atoms with van der Waals surface area (Å²) in [5, 5.41) is 0. The Morgan fingerprint density at radius 2 is 2.46 bits per heavy atom. The quantitative estimate of drug-likeness (QED) is 0.711. The third-order valence-corrected chi connectivity index (χ3v) is 2.42. The largest absolute Gasteiger partial charge is 0.449 e. The van der Waals surface area contributed by atoms with Crippen LogP contribution in [0.1, 0.15) is 26.2 Å². The van der Waals surface area contributed by atoms with Crippen LogP contribution in [0.15, 0.2) is 0 Å². The van der Waals surface area contributed by atoms with Crippen LogP contribution in [-0.4, -0.2) is 36.7 Å². The number of amides is 1. The minimum Gasteiger partial charge on any atom is -0.449 e. The van der Waals surface area contributed by atoms with Crippen molar-refractivity contribution in [2.24, 2.45) is 5.73 Å². The maximum Gasteiger partial charge on any atom is 0.410 e. The van der Waals surface area contributed by atoms with Crippen molar-refractivity contribution in [3.8, 4) is 0 Å². The summed E-state index contributed by atoms with van der Waals surface area (Å²) in [6.07, 6.45) is 2.58. The van der Waals surface area contributed by atoms with Gasteiger partial charge in [0.05, 0.1) is 6.61 Å². The minimum absolute atomic E-state index is 0.174. The zero-order chi connectivity index (χ0) is 9.68. The van der Waals surface area contributed by atoms with Gasteiger partial charge in [0.2, 0.25) is 0 Å². The molecule has 1 atom stereocenters. The number of rotatable bonds is 4. The first-order valence-electron chi connectivity index (χ1n) is 4.93. The van der Waals surface area contributed by atoms with Crippen molar-refractivity contribution in [1.29, 1.82) is 0 Å². The molecule has 1 saturated heterocycles. The number of hydrogen-bond acceptors (Lipinski definition) is 3. The Kier molecular flexibility index (Phi) is 4.02. The Hall–Kier alpha value is -0.770. The average Bonchev–Trinajstić information content (AvgIpc) is 2.16. The van der Waals surface area contributed by atoms with Crippen molar-refractivity contribution in [2.75, 3.05) is 19.7 Å². The van der Waals surface area contributed by atoms with Crippen molar-refractivity contribution < 1.29 is 9.53 Å². The van der Waals surface area contributed by atoms with Crippen LogP contribution in [-0.2, 0) is 4.74 Å². The number of hydrogen-bond donors (Lipinski definition) is 1. The molecule has 0 saturated carbocycles. The van der Waals surface area contributed by atoms with Gasteiger partial charge in [-0.2, -0.15) is 0 Å². The second-order valence-corrected chi connectivity index (χ2v) is 3.30. The summed E-state index contributed by atoms with van der Waals surface area (Å²) in [4.78, 5) is 13.1. The van der Waals surface area contributed by atoms with Crippen LogP contribution < -0.4 is 5.73 Å². The number of carbonyl (C=O) groups excluding carboxylic acids is 1. The van der Waals surface area contributed by atoms with Gasteiger partial charge in [-0.15, -0.1) is 0 Å². The molecule has 0 aliphatic carbocycles. The molecule has 0 spiro atoms. The second-order valence-electron chi connectivity index (χ2n) is 3.30. The highest BCUT2D eigenvalue weighted by Crippen LogP contribution is 2.14. The second kappa shape index (κ2) is 5.07. The zero-order valence-electron chi connectivity index (χ0n) is 8.16. The van der Waals surface area contributed by atoms with Crippen LogP contribution in [0.25, 0.3) is 0 Å². The van der Waals surface area contributed by atoms with Gasteiger partial charge in [-0.3, -0.25) is 0 Å². The highest BCUT2D eigenvalue weighted by molar-refractivity contribution is 5.68. The molecule has 0 radical (unpaired) electrons. The predicted octanol–water partition coefficient (Wildman–Crippen LogP) is 0.956. The summed E-state index contributed by atoms with van der Waals surface area (Å²) in [6, 6.07) is 0.262. The minimum atomic E-state index is -0.174. The first-order valence-corrected chi connectivity index (χ1v) is 4.93. The lowest BCUT2D eigenvalue weighted by molar-refractivity contribution is 0.0529. The fourth-order valence-electron chi connectivity index (χ4n) is 1.67. The lowest BCUT2D eigenvalue weighted by atomic mass is 10.1.